The number of amides is 2. The molecular weight excluding hydrogens is 906 g/mol. The van der Waals surface area contributed by atoms with E-state index in [1.807, 2.05) is 22.2 Å². The highest BCUT2D eigenvalue weighted by Crippen LogP contribution is 2.28. The highest BCUT2D eigenvalue weighted by molar-refractivity contribution is 5.85. The van der Waals surface area contributed by atoms with Crippen molar-refractivity contribution in [2.24, 2.45) is 35.0 Å². The average Bonchev–Trinajstić information content (AvgIpc) is 4.05. The SMILES string of the molecule is C#CCOCCOCCOCCNc1nc(N2CCN(C(=O)[C@H]([C@@H](C)CC)n3cc([C@@H](N)CC(C)C)nn3)CC2)nc(N2CCN(C(=O)[C@H](CCCCN)n3cc([C@@H](N)C(C)CC)nn3)CC2)n1.Cl. The van der Waals surface area contributed by atoms with E-state index in [1.54, 1.807) is 9.36 Å². The van der Waals surface area contributed by atoms with E-state index >= 15 is 0 Å². The number of halogens is 1. The number of rotatable bonds is 29. The van der Waals surface area contributed by atoms with Crippen LogP contribution in [-0.4, -0.2) is 172 Å². The summed E-state index contributed by atoms with van der Waals surface area (Å²) in [4.78, 5) is 51.2. The predicted molar refractivity (Wildman–Crippen MR) is 268 cm³/mol. The van der Waals surface area contributed by atoms with Crippen LogP contribution in [0.3, 0.4) is 0 Å². The maximum Gasteiger partial charge on any atom is 0.247 e. The Bertz CT molecular complexity index is 2000. The number of aromatic nitrogens is 9. The molecule has 3 aromatic rings. The number of anilines is 3. The standard InChI is InChI=1S/C46H79N17O5.ClH/c1-8-24-66-26-28-68-29-27-67-25-15-50-44-51-45(60-20-16-58(17-21-60)42(64)39(13-11-12-14-47)62-32-38(55-56-62)40(49)34(6)9-2)53-46(52-44)61-22-18-59(19-23-61)43(65)41(35(7)10-3)63-31-37(54-57-63)36(48)30-33(4)5;/h1,31-36,39-41H,9-30,47-49H2,2-7H3,(H,50,51,52,53);1H/t34?,35-,36-,39-,40-,41-;/m0./s1. The van der Waals surface area contributed by atoms with Gasteiger partial charge in [0.1, 0.15) is 18.7 Å². The Balaban J connectivity index is 0.0000104. The van der Waals surface area contributed by atoms with Gasteiger partial charge >= 0.3 is 0 Å². The summed E-state index contributed by atoms with van der Waals surface area (Å²) in [6.45, 7) is 19.8. The van der Waals surface area contributed by atoms with Crippen molar-refractivity contribution in [3.05, 3.63) is 23.8 Å². The van der Waals surface area contributed by atoms with Crippen LogP contribution >= 0.6 is 12.4 Å². The number of ether oxygens (including phenoxy) is 3. The molecule has 5 rings (SSSR count). The Kier molecular flexibility index (Phi) is 24.2. The van der Waals surface area contributed by atoms with E-state index in [1.165, 1.54) is 0 Å². The molecule has 0 spiro atoms. The van der Waals surface area contributed by atoms with Crippen molar-refractivity contribution in [1.82, 2.24) is 54.7 Å². The van der Waals surface area contributed by atoms with Crippen molar-refractivity contribution in [3.8, 4) is 12.3 Å². The maximum atomic E-state index is 14.3. The van der Waals surface area contributed by atoms with Gasteiger partial charge in [0.25, 0.3) is 0 Å². The molecule has 0 aromatic carbocycles. The van der Waals surface area contributed by atoms with E-state index in [-0.39, 0.29) is 54.7 Å². The van der Waals surface area contributed by atoms with Crippen molar-refractivity contribution in [2.45, 2.75) is 104 Å². The summed E-state index contributed by atoms with van der Waals surface area (Å²) in [5.74, 6) is 4.47. The number of nitrogens with one attached hydrogen (secondary N) is 1. The van der Waals surface area contributed by atoms with Crippen LogP contribution in [0.5, 0.6) is 0 Å². The average molecular weight is 987 g/mol. The van der Waals surface area contributed by atoms with Gasteiger partial charge in [0.15, 0.2) is 0 Å². The molecular formula is C46H80ClN17O5. The molecule has 386 valence electrons. The minimum atomic E-state index is -0.521. The van der Waals surface area contributed by atoms with Gasteiger partial charge in [-0.3, -0.25) is 9.59 Å². The van der Waals surface area contributed by atoms with Crippen LogP contribution in [0.1, 0.15) is 116 Å². The van der Waals surface area contributed by atoms with Crippen LogP contribution in [0, 0.1) is 30.1 Å². The Morgan fingerprint density at radius 1 is 0.739 bits per heavy atom. The molecule has 23 heteroatoms. The number of hydrogen-bond acceptors (Lipinski definition) is 18. The fourth-order valence-electron chi connectivity index (χ4n) is 8.23. The Morgan fingerprint density at radius 3 is 1.87 bits per heavy atom. The largest absolute Gasteiger partial charge is 0.377 e. The molecule has 2 fully saturated rings. The summed E-state index contributed by atoms with van der Waals surface area (Å²) < 4.78 is 20.0. The summed E-state index contributed by atoms with van der Waals surface area (Å²) >= 11 is 0. The van der Waals surface area contributed by atoms with Gasteiger partial charge in [-0.1, -0.05) is 70.7 Å². The molecule has 7 N–H and O–H groups in total. The molecule has 1 unspecified atom stereocenters. The van der Waals surface area contributed by atoms with Gasteiger partial charge < -0.3 is 56.3 Å². The van der Waals surface area contributed by atoms with E-state index in [4.69, 9.17) is 52.8 Å². The molecule has 2 amide bonds. The smallest absolute Gasteiger partial charge is 0.247 e. The fraction of sp³-hybridized carbons (Fsp3) is 0.761. The summed E-state index contributed by atoms with van der Waals surface area (Å²) in [6.07, 6.45) is 13.5. The third-order valence-electron chi connectivity index (χ3n) is 12.8. The first kappa shape index (κ1) is 56.8. The first-order chi connectivity index (χ1) is 32.9. The van der Waals surface area contributed by atoms with Crippen molar-refractivity contribution >= 4 is 42.1 Å². The van der Waals surface area contributed by atoms with Crippen molar-refractivity contribution in [2.75, 3.05) is 120 Å². The number of hydrogen-bond donors (Lipinski definition) is 4. The van der Waals surface area contributed by atoms with E-state index in [2.05, 4.69) is 83.2 Å². The first-order valence-electron chi connectivity index (χ1n) is 24.7. The lowest BCUT2D eigenvalue weighted by atomic mass is 9.97. The first-order valence-corrected chi connectivity index (χ1v) is 24.7. The maximum absolute atomic E-state index is 14.3. The quantitative estimate of drug-likeness (QED) is 0.0575. The molecule has 2 aliphatic heterocycles. The van der Waals surface area contributed by atoms with Crippen LogP contribution in [0.4, 0.5) is 17.8 Å². The molecule has 5 heterocycles. The predicted octanol–water partition coefficient (Wildman–Crippen LogP) is 2.62. The zero-order chi connectivity index (χ0) is 49.0. The van der Waals surface area contributed by atoms with Crippen molar-refractivity contribution < 1.29 is 23.8 Å². The van der Waals surface area contributed by atoms with Gasteiger partial charge in [0.2, 0.25) is 29.7 Å². The fourth-order valence-corrected chi connectivity index (χ4v) is 8.23. The normalized spacial score (nSPS) is 16.9. The van der Waals surface area contributed by atoms with E-state index in [0.29, 0.717) is 140 Å². The number of terminal acetylenes is 1. The molecule has 3 aromatic heterocycles. The minimum absolute atomic E-state index is 0. The zero-order valence-corrected chi connectivity index (χ0v) is 42.6. The van der Waals surface area contributed by atoms with Crippen LogP contribution in [0.2, 0.25) is 0 Å². The lowest BCUT2D eigenvalue weighted by Gasteiger charge is -2.38. The number of piperazine rings is 2. The van der Waals surface area contributed by atoms with Crippen LogP contribution < -0.4 is 32.3 Å². The third kappa shape index (κ3) is 16.7. The second-order valence-corrected chi connectivity index (χ2v) is 18.3. The molecule has 2 saturated heterocycles. The Hall–Kier alpha value is -4.76. The monoisotopic (exact) mass is 986 g/mol. The second-order valence-electron chi connectivity index (χ2n) is 18.3. The van der Waals surface area contributed by atoms with E-state index < -0.39 is 12.1 Å². The molecule has 0 aliphatic carbocycles. The summed E-state index contributed by atoms with van der Waals surface area (Å²) in [5.41, 5.74) is 20.2. The highest BCUT2D eigenvalue weighted by atomic mass is 35.5. The molecule has 22 nitrogen and oxygen atoms in total. The molecule has 0 bridgehead atoms. The van der Waals surface area contributed by atoms with Gasteiger partial charge in [-0.05, 0) is 50.0 Å². The summed E-state index contributed by atoms with van der Waals surface area (Å²) in [5, 5.41) is 20.9. The minimum Gasteiger partial charge on any atom is -0.377 e. The lowest BCUT2D eigenvalue weighted by Crippen LogP contribution is -2.52. The van der Waals surface area contributed by atoms with Crippen LogP contribution in [0.25, 0.3) is 0 Å². The van der Waals surface area contributed by atoms with Crippen LogP contribution in [0.15, 0.2) is 12.4 Å². The van der Waals surface area contributed by atoms with E-state index in [9.17, 15) is 9.59 Å². The lowest BCUT2D eigenvalue weighted by molar-refractivity contribution is -0.137. The van der Waals surface area contributed by atoms with Gasteiger partial charge in [-0.25, -0.2) is 9.36 Å². The van der Waals surface area contributed by atoms with E-state index in [0.717, 1.165) is 32.1 Å². The third-order valence-corrected chi connectivity index (χ3v) is 12.8. The van der Waals surface area contributed by atoms with Gasteiger partial charge in [-0.2, -0.15) is 15.0 Å². The van der Waals surface area contributed by atoms with Gasteiger partial charge in [-0.15, -0.1) is 29.0 Å². The van der Waals surface area contributed by atoms with Crippen molar-refractivity contribution in [3.63, 3.8) is 0 Å². The van der Waals surface area contributed by atoms with Gasteiger partial charge in [0, 0.05) is 58.9 Å². The topological polar surface area (TPSA) is 265 Å². The Labute approximate surface area is 414 Å². The van der Waals surface area contributed by atoms with Crippen LogP contribution in [-0.2, 0) is 23.8 Å². The molecule has 0 radical (unpaired) electrons. The number of carbonyl (C=O) groups excluding carboxylic acids is 2. The number of nitrogens with zero attached hydrogens (tertiary/aromatic N) is 13. The molecule has 0 saturated carbocycles. The second kappa shape index (κ2) is 29.4. The summed E-state index contributed by atoms with van der Waals surface area (Å²) in [6, 6.07) is -1.54. The van der Waals surface area contributed by atoms with Crippen molar-refractivity contribution in [1.29, 1.82) is 0 Å². The number of carbonyl (C=O) groups is 2. The number of nitrogens with two attached hydrogens (primary N) is 3. The molecule has 69 heavy (non-hydrogen) atoms. The zero-order valence-electron chi connectivity index (χ0n) is 41.8. The summed E-state index contributed by atoms with van der Waals surface area (Å²) in [7, 11) is 0. The highest BCUT2D eigenvalue weighted by Gasteiger charge is 2.35. The van der Waals surface area contributed by atoms with Gasteiger partial charge in [0.05, 0.1) is 68.9 Å². The Morgan fingerprint density at radius 2 is 1.29 bits per heavy atom. The number of unbranched alkanes of at least 4 members (excludes halogenated alkanes) is 1. The molecule has 6 atom stereocenters. The molecule has 2 aliphatic rings.